The van der Waals surface area contributed by atoms with Crippen LogP contribution >= 0.6 is 0 Å². The van der Waals surface area contributed by atoms with Crippen LogP contribution in [0.3, 0.4) is 0 Å². The lowest BCUT2D eigenvalue weighted by Crippen LogP contribution is -2.36. The highest BCUT2D eigenvalue weighted by Gasteiger charge is 2.18. The molecule has 0 saturated carbocycles. The van der Waals surface area contributed by atoms with Gasteiger partial charge < -0.3 is 15.4 Å². The summed E-state index contributed by atoms with van der Waals surface area (Å²) in [7, 11) is 0. The zero-order valence-electron chi connectivity index (χ0n) is 11.1. The molecule has 0 aromatic carbocycles. The lowest BCUT2D eigenvalue weighted by atomic mass is 10.1. The van der Waals surface area contributed by atoms with E-state index in [9.17, 15) is 4.79 Å². The molecule has 0 bridgehead atoms. The second-order valence-corrected chi connectivity index (χ2v) is 4.83. The molecule has 0 aromatic heterocycles. The number of hydrogen-bond acceptors (Lipinski definition) is 3. The van der Waals surface area contributed by atoms with E-state index in [1.54, 1.807) is 0 Å². The Bertz CT molecular complexity index is 215. The monoisotopic (exact) mass is 242 g/mol. The third-order valence-electron chi connectivity index (χ3n) is 3.19. The molecular weight excluding hydrogens is 216 g/mol. The summed E-state index contributed by atoms with van der Waals surface area (Å²) >= 11 is 0. The highest BCUT2D eigenvalue weighted by atomic mass is 16.5. The topological polar surface area (TPSA) is 50.4 Å². The fraction of sp³-hybridized carbons (Fsp3) is 0.923. The molecule has 1 aliphatic rings. The van der Waals surface area contributed by atoms with Crippen LogP contribution in [0, 0.1) is 5.92 Å². The van der Waals surface area contributed by atoms with Gasteiger partial charge in [0.1, 0.15) is 6.10 Å². The first kappa shape index (κ1) is 14.5. The molecule has 1 aliphatic heterocycles. The van der Waals surface area contributed by atoms with E-state index < -0.39 is 0 Å². The Morgan fingerprint density at radius 3 is 3.00 bits per heavy atom. The molecule has 17 heavy (non-hydrogen) atoms. The highest BCUT2D eigenvalue weighted by molar-refractivity contribution is 5.80. The maximum Gasteiger partial charge on any atom is 0.248 e. The predicted octanol–water partition coefficient (Wildman–Crippen LogP) is 1.31. The molecule has 1 heterocycles. The minimum atomic E-state index is -0.322. The van der Waals surface area contributed by atoms with Gasteiger partial charge in [-0.3, -0.25) is 4.79 Å². The molecule has 0 radical (unpaired) electrons. The van der Waals surface area contributed by atoms with Crippen molar-refractivity contribution in [3.63, 3.8) is 0 Å². The summed E-state index contributed by atoms with van der Waals surface area (Å²) in [5, 5.41) is 6.21. The molecule has 1 rings (SSSR count). The van der Waals surface area contributed by atoms with E-state index in [0.29, 0.717) is 12.5 Å². The number of unbranched alkanes of at least 4 members (excludes halogenated alkanes) is 2. The molecule has 2 unspecified atom stereocenters. The molecule has 2 N–H and O–H groups in total. The molecule has 4 nitrogen and oxygen atoms in total. The van der Waals surface area contributed by atoms with Crippen molar-refractivity contribution in [3.05, 3.63) is 0 Å². The van der Waals surface area contributed by atoms with Crippen molar-refractivity contribution < 1.29 is 9.53 Å². The van der Waals surface area contributed by atoms with Crippen LogP contribution in [-0.2, 0) is 9.53 Å². The van der Waals surface area contributed by atoms with E-state index in [-0.39, 0.29) is 12.0 Å². The smallest absolute Gasteiger partial charge is 0.248 e. The number of amides is 1. The van der Waals surface area contributed by atoms with Crippen LogP contribution in [0.4, 0.5) is 0 Å². The van der Waals surface area contributed by atoms with Gasteiger partial charge in [0, 0.05) is 13.1 Å². The summed E-state index contributed by atoms with van der Waals surface area (Å²) in [5.41, 5.74) is 0. The van der Waals surface area contributed by atoms with Gasteiger partial charge in [-0.1, -0.05) is 19.8 Å². The first-order chi connectivity index (χ1) is 8.24. The normalized spacial score (nSPS) is 21.4. The summed E-state index contributed by atoms with van der Waals surface area (Å²) in [6.45, 7) is 7.54. The SMILES string of the molecule is CCCCCNC(=O)C(C)OCC1CCNC1. The number of hydrogen-bond donors (Lipinski definition) is 2. The van der Waals surface area contributed by atoms with E-state index >= 15 is 0 Å². The van der Waals surface area contributed by atoms with Gasteiger partial charge in [-0.2, -0.15) is 0 Å². The number of carbonyl (C=O) groups excluding carboxylic acids is 1. The fourth-order valence-electron chi connectivity index (χ4n) is 1.94. The Balaban J connectivity index is 2.04. The van der Waals surface area contributed by atoms with Crippen LogP contribution in [0.15, 0.2) is 0 Å². The van der Waals surface area contributed by atoms with Crippen molar-refractivity contribution >= 4 is 5.91 Å². The van der Waals surface area contributed by atoms with E-state index in [4.69, 9.17) is 4.74 Å². The van der Waals surface area contributed by atoms with Crippen molar-refractivity contribution in [1.29, 1.82) is 0 Å². The molecular formula is C13H26N2O2. The molecule has 100 valence electrons. The van der Waals surface area contributed by atoms with Crippen LogP contribution in [0.1, 0.15) is 39.5 Å². The van der Waals surface area contributed by atoms with Gasteiger partial charge >= 0.3 is 0 Å². The third kappa shape index (κ3) is 6.03. The Labute approximate surface area is 104 Å². The fourth-order valence-corrected chi connectivity index (χ4v) is 1.94. The average Bonchev–Trinajstić information content (AvgIpc) is 2.84. The largest absolute Gasteiger partial charge is 0.368 e. The first-order valence-corrected chi connectivity index (χ1v) is 6.84. The van der Waals surface area contributed by atoms with Gasteiger partial charge in [0.2, 0.25) is 5.91 Å². The van der Waals surface area contributed by atoms with Gasteiger partial charge in [-0.25, -0.2) is 0 Å². The first-order valence-electron chi connectivity index (χ1n) is 6.84. The molecule has 0 aliphatic carbocycles. The van der Waals surface area contributed by atoms with Crippen LogP contribution in [0.5, 0.6) is 0 Å². The summed E-state index contributed by atoms with van der Waals surface area (Å²) in [6, 6.07) is 0. The lowest BCUT2D eigenvalue weighted by Gasteiger charge is -2.15. The van der Waals surface area contributed by atoms with Crippen molar-refractivity contribution in [1.82, 2.24) is 10.6 Å². The Morgan fingerprint density at radius 1 is 1.53 bits per heavy atom. The minimum Gasteiger partial charge on any atom is -0.368 e. The number of rotatable bonds is 8. The standard InChI is InChI=1S/C13H26N2O2/c1-3-4-5-7-15-13(16)11(2)17-10-12-6-8-14-9-12/h11-12,14H,3-10H2,1-2H3,(H,15,16). The maximum atomic E-state index is 11.7. The Hall–Kier alpha value is -0.610. The number of nitrogens with one attached hydrogen (secondary N) is 2. The summed E-state index contributed by atoms with van der Waals surface area (Å²) in [4.78, 5) is 11.7. The summed E-state index contributed by atoms with van der Waals surface area (Å²) in [6.07, 6.45) is 4.24. The second-order valence-electron chi connectivity index (χ2n) is 4.83. The highest BCUT2D eigenvalue weighted by Crippen LogP contribution is 2.08. The van der Waals surface area contributed by atoms with Crippen LogP contribution in [0.25, 0.3) is 0 Å². The number of carbonyl (C=O) groups is 1. The lowest BCUT2D eigenvalue weighted by molar-refractivity contribution is -0.132. The van der Waals surface area contributed by atoms with Gasteiger partial charge in [0.25, 0.3) is 0 Å². The van der Waals surface area contributed by atoms with Gasteiger partial charge in [0.15, 0.2) is 0 Å². The summed E-state index contributed by atoms with van der Waals surface area (Å²) < 4.78 is 5.59. The van der Waals surface area contributed by atoms with Crippen molar-refractivity contribution in [2.24, 2.45) is 5.92 Å². The maximum absolute atomic E-state index is 11.7. The quantitative estimate of drug-likeness (QED) is 0.631. The molecule has 0 spiro atoms. The van der Waals surface area contributed by atoms with Crippen molar-refractivity contribution in [3.8, 4) is 0 Å². The molecule has 2 atom stereocenters. The molecule has 1 amide bonds. The van der Waals surface area contributed by atoms with E-state index in [0.717, 1.165) is 32.5 Å². The Kier molecular flexibility index (Phi) is 7.21. The average molecular weight is 242 g/mol. The molecule has 0 aromatic rings. The van der Waals surface area contributed by atoms with Crippen LogP contribution in [0.2, 0.25) is 0 Å². The van der Waals surface area contributed by atoms with E-state index in [1.165, 1.54) is 12.8 Å². The zero-order valence-corrected chi connectivity index (χ0v) is 11.1. The number of ether oxygens (including phenoxy) is 1. The van der Waals surface area contributed by atoms with Crippen LogP contribution in [-0.4, -0.2) is 38.3 Å². The van der Waals surface area contributed by atoms with E-state index in [1.807, 2.05) is 6.92 Å². The third-order valence-corrected chi connectivity index (χ3v) is 3.19. The van der Waals surface area contributed by atoms with Crippen molar-refractivity contribution in [2.45, 2.75) is 45.6 Å². The molecule has 1 fully saturated rings. The summed E-state index contributed by atoms with van der Waals surface area (Å²) in [5.74, 6) is 0.595. The predicted molar refractivity (Wildman–Crippen MR) is 68.9 cm³/mol. The second kappa shape index (κ2) is 8.48. The van der Waals surface area contributed by atoms with E-state index in [2.05, 4.69) is 17.6 Å². The van der Waals surface area contributed by atoms with Crippen LogP contribution < -0.4 is 10.6 Å². The molecule has 4 heteroatoms. The minimum absolute atomic E-state index is 0.0204. The van der Waals surface area contributed by atoms with Gasteiger partial charge in [0.05, 0.1) is 6.61 Å². The van der Waals surface area contributed by atoms with Gasteiger partial charge in [-0.15, -0.1) is 0 Å². The van der Waals surface area contributed by atoms with Gasteiger partial charge in [-0.05, 0) is 32.2 Å². The van der Waals surface area contributed by atoms with Crippen molar-refractivity contribution in [2.75, 3.05) is 26.2 Å². The zero-order chi connectivity index (χ0) is 12.5. The molecule has 1 saturated heterocycles. The Morgan fingerprint density at radius 2 is 2.35 bits per heavy atom.